The van der Waals surface area contributed by atoms with Gasteiger partial charge in [-0.25, -0.2) is 0 Å². The van der Waals surface area contributed by atoms with Crippen molar-refractivity contribution in [2.75, 3.05) is 9.80 Å². The molecule has 544 valence electrons. The van der Waals surface area contributed by atoms with Gasteiger partial charge < -0.3 is 14.4 Å². The molecular formula is C108H87BClN3. The van der Waals surface area contributed by atoms with Crippen LogP contribution in [0.2, 0.25) is 5.02 Å². The van der Waals surface area contributed by atoms with Crippen LogP contribution in [0, 0.1) is 0 Å². The fourth-order valence-electron chi connectivity index (χ4n) is 16.8. The van der Waals surface area contributed by atoms with Crippen LogP contribution in [0.15, 0.2) is 364 Å². The van der Waals surface area contributed by atoms with E-state index in [1.807, 2.05) is 109 Å². The van der Waals surface area contributed by atoms with Crippen molar-refractivity contribution in [3.05, 3.63) is 386 Å². The number of halogens is 1. The Labute approximate surface area is 680 Å². The molecule has 0 atom stereocenters. The molecule has 1 aromatic heterocycles. The summed E-state index contributed by atoms with van der Waals surface area (Å²) in [7, 11) is 0. The van der Waals surface area contributed by atoms with Crippen molar-refractivity contribution in [3.63, 3.8) is 0 Å². The van der Waals surface area contributed by atoms with Crippen molar-refractivity contribution in [2.24, 2.45) is 0 Å². The molecule has 0 saturated carbocycles. The minimum absolute atomic E-state index is 0.0210. The van der Waals surface area contributed by atoms with Gasteiger partial charge in [-0.2, -0.15) is 0 Å². The van der Waals surface area contributed by atoms with Gasteiger partial charge in [0.2, 0.25) is 0 Å². The fraction of sp³-hybridized carbons (Fsp3) is 0.111. The molecule has 0 aliphatic carbocycles. The summed E-state index contributed by atoms with van der Waals surface area (Å²) in [5.41, 5.74) is 23.8. The molecule has 5 heteroatoms. The first kappa shape index (κ1) is 63.0. The summed E-state index contributed by atoms with van der Waals surface area (Å²) in [5.74, 6) is 0. The van der Waals surface area contributed by atoms with Crippen molar-refractivity contribution < 1.29 is 9.60 Å². The van der Waals surface area contributed by atoms with Gasteiger partial charge in [-0.3, -0.25) is 0 Å². The third-order valence-electron chi connectivity index (χ3n) is 22.6. The number of aromatic nitrogens is 1. The van der Waals surface area contributed by atoms with Crippen LogP contribution in [-0.2, 0) is 16.2 Å². The van der Waals surface area contributed by atoms with Gasteiger partial charge in [0.15, 0.2) is 0 Å². The summed E-state index contributed by atoms with van der Waals surface area (Å²) in [6, 6.07) is 112. The first-order valence-electron chi connectivity index (χ1n) is 42.6. The van der Waals surface area contributed by atoms with Gasteiger partial charge in [-0.15, -0.1) is 0 Å². The second kappa shape index (κ2) is 27.9. The highest BCUT2D eigenvalue weighted by atomic mass is 35.5. The first-order valence-corrected chi connectivity index (χ1v) is 39.5. The zero-order valence-electron chi connectivity index (χ0n) is 71.9. The maximum atomic E-state index is 11.4. The van der Waals surface area contributed by atoms with Crippen molar-refractivity contribution >= 4 is 90.6 Å². The van der Waals surface area contributed by atoms with Crippen LogP contribution in [0.4, 0.5) is 34.1 Å². The Balaban J connectivity index is 0.979. The molecule has 17 aromatic rings. The molecule has 0 spiro atoms. The first-order chi connectivity index (χ1) is 57.8. The van der Waals surface area contributed by atoms with E-state index in [0.717, 1.165) is 122 Å². The van der Waals surface area contributed by atoms with Crippen LogP contribution in [0.25, 0.3) is 128 Å². The van der Waals surface area contributed by atoms with Gasteiger partial charge in [0, 0.05) is 66.5 Å². The van der Waals surface area contributed by atoms with E-state index in [0.29, 0.717) is 77.5 Å². The number of nitrogens with zero attached hydrogens (tertiary/aromatic N) is 3. The largest absolute Gasteiger partial charge is 0.310 e. The number of para-hydroxylation sites is 1. The van der Waals surface area contributed by atoms with Crippen molar-refractivity contribution in [1.82, 2.24) is 4.57 Å². The Morgan fingerprint density at radius 1 is 0.274 bits per heavy atom. The Hall–Kier alpha value is -12.7. The molecule has 0 bridgehead atoms. The highest BCUT2D eigenvalue weighted by Crippen LogP contribution is 2.56. The Bertz CT molecular complexity index is 7010. The fourth-order valence-corrected chi connectivity index (χ4v) is 17.0. The summed E-state index contributed by atoms with van der Waals surface area (Å²) in [4.78, 5) is 4.70. The minimum atomic E-state index is -0.740. The molecule has 3 heterocycles. The number of benzene rings is 16. The maximum Gasteiger partial charge on any atom is 0.252 e. The number of hydrogen-bond acceptors (Lipinski definition) is 2. The number of fused-ring (bicyclic) bond motifs is 7. The Morgan fingerprint density at radius 2 is 0.628 bits per heavy atom. The lowest BCUT2D eigenvalue weighted by molar-refractivity contribution is 0.590. The molecule has 2 aliphatic heterocycles. The lowest BCUT2D eigenvalue weighted by Gasteiger charge is -2.46. The molecule has 0 saturated heterocycles. The quantitative estimate of drug-likeness (QED) is 0.113. The third kappa shape index (κ3) is 12.8. The van der Waals surface area contributed by atoms with Crippen LogP contribution in [0.5, 0.6) is 0 Å². The van der Waals surface area contributed by atoms with E-state index < -0.39 is 23.0 Å². The zero-order chi connectivity index (χ0) is 83.1. The minimum Gasteiger partial charge on any atom is -0.310 e. The SMILES string of the molecule is [2H]c1c(-c2ccccc2)c(N2c3cc(Cl)ccc3B3c4ccc(-n5c6ccccc6c6c([2H])c(-c7ccccc7)c([2H])c([2H])c65)cc4N(c4c(-c5ccccc5)c([2H])c(C(C)(C)C)c([2H])c4-c4cccc(-c5cccc(-c6ccccc6)c5)c4)c4cc(C(C)(C)C)cc2c43)c(-c2cccc(-c3cccc(-c4ccccc4)c3)c2)c([2H])c1C(C)(C)C. The maximum absolute atomic E-state index is 11.4. The number of anilines is 6. The van der Waals surface area contributed by atoms with Gasteiger partial charge in [0.25, 0.3) is 6.71 Å². The van der Waals surface area contributed by atoms with Crippen LogP contribution < -0.4 is 26.2 Å². The molecule has 0 N–H and O–H groups in total. The average molecular weight is 1480 g/mol. The average Bonchev–Trinajstić information content (AvgIpc) is 0.766. The van der Waals surface area contributed by atoms with Crippen LogP contribution in [0.3, 0.4) is 0 Å². The smallest absolute Gasteiger partial charge is 0.252 e. The number of rotatable bonds is 12. The van der Waals surface area contributed by atoms with E-state index in [4.69, 9.17) is 11.6 Å². The zero-order valence-corrected chi connectivity index (χ0v) is 65.7. The van der Waals surface area contributed by atoms with Crippen LogP contribution >= 0.6 is 11.6 Å². The monoisotopic (exact) mass is 1480 g/mol. The third-order valence-corrected chi connectivity index (χ3v) is 22.8. The molecule has 16 aromatic carbocycles. The Kier molecular flexibility index (Phi) is 15.6. The number of hydrogen-bond donors (Lipinski definition) is 0. The lowest BCUT2D eigenvalue weighted by Crippen LogP contribution is -2.61. The second-order valence-electron chi connectivity index (χ2n) is 33.2. The second-order valence-corrected chi connectivity index (χ2v) is 33.6. The molecule has 19 rings (SSSR count). The van der Waals surface area contributed by atoms with E-state index in [1.54, 1.807) is 0 Å². The summed E-state index contributed by atoms with van der Waals surface area (Å²) in [6.45, 7) is 18.8. The van der Waals surface area contributed by atoms with Crippen LogP contribution in [0.1, 0.15) is 88.6 Å². The summed E-state index contributed by atoms with van der Waals surface area (Å²) in [6.07, 6.45) is 0. The van der Waals surface area contributed by atoms with Crippen LogP contribution in [-0.4, -0.2) is 11.3 Å². The Morgan fingerprint density at radius 3 is 1.07 bits per heavy atom. The topological polar surface area (TPSA) is 11.4 Å². The molecule has 2 aliphatic rings. The normalized spacial score (nSPS) is 13.5. The summed E-state index contributed by atoms with van der Waals surface area (Å²) >= 11 is 7.68. The van der Waals surface area contributed by atoms with E-state index in [1.165, 1.54) is 0 Å². The molecule has 3 nitrogen and oxygen atoms in total. The van der Waals surface area contributed by atoms with Gasteiger partial charge in [-0.05, 0) is 230 Å². The van der Waals surface area contributed by atoms with Gasteiger partial charge in [0.05, 0.1) is 32.0 Å². The molecule has 0 unspecified atom stereocenters. The predicted molar refractivity (Wildman–Crippen MR) is 485 cm³/mol. The van der Waals surface area contributed by atoms with Crippen molar-refractivity contribution in [1.29, 1.82) is 0 Å². The summed E-state index contributed by atoms with van der Waals surface area (Å²) < 4.78 is 77.5. The van der Waals surface area contributed by atoms with E-state index >= 15 is 0 Å². The van der Waals surface area contributed by atoms with E-state index in [9.17, 15) is 9.60 Å². The molecule has 0 fully saturated rings. The van der Waals surface area contributed by atoms with Gasteiger partial charge in [0.1, 0.15) is 0 Å². The highest BCUT2D eigenvalue weighted by Gasteiger charge is 2.47. The van der Waals surface area contributed by atoms with Crippen molar-refractivity contribution in [3.8, 4) is 106 Å². The van der Waals surface area contributed by atoms with Gasteiger partial charge in [-0.1, -0.05) is 335 Å². The van der Waals surface area contributed by atoms with E-state index in [2.05, 4.69) is 289 Å². The molecular weight excluding hydrogens is 1390 g/mol. The molecule has 113 heavy (non-hydrogen) atoms. The molecule has 0 radical (unpaired) electrons. The standard InChI is InChI=1S/C108H87BClN3/c1-106(2,3)84-62-90(73-37-21-13-22-38-73)104(92(64-84)82-47-29-45-79(59-82)77-43-27-41-75(57-77)70-31-15-10-16-32-70)112-99-68-87(110)52-54-95(99)109-96-55-53-88(111-97-50-26-25-49-89(97)94-61-81(51-56-98(94)111)72-35-19-12-20-36-72)69-100(96)113(102-67-86(108(7,8)9)66-101(112)103(102)109)105-91(74-39-23-14-24-40-74)63-85(107(4,5)6)65-93(105)83-48-30-46-80(60-83)78-44-28-42-76(58-78)71-33-17-11-18-34-71/h10-69H,1-9H3/i51D,56D,61D,62D,63D,64D,65D. The highest BCUT2D eigenvalue weighted by molar-refractivity contribution is 7.00. The summed E-state index contributed by atoms with van der Waals surface area (Å²) in [5, 5.41) is 1.81. The molecule has 0 amide bonds. The van der Waals surface area contributed by atoms with E-state index in [-0.39, 0.29) is 42.3 Å². The predicted octanol–water partition coefficient (Wildman–Crippen LogP) is 28.4. The van der Waals surface area contributed by atoms with Gasteiger partial charge >= 0.3 is 0 Å². The van der Waals surface area contributed by atoms with Crippen molar-refractivity contribution in [2.45, 2.75) is 78.6 Å². The lowest BCUT2D eigenvalue weighted by atomic mass is 9.33.